The fourth-order valence-corrected chi connectivity index (χ4v) is 1.76. The molecule has 1 aromatic rings. The Morgan fingerprint density at radius 2 is 2.19 bits per heavy atom. The molecule has 2 heterocycles. The molecule has 0 saturated carbocycles. The molecule has 0 aliphatic carbocycles. The summed E-state index contributed by atoms with van der Waals surface area (Å²) in [6, 6.07) is 3.67. The number of aliphatic hydroxyl groups is 1. The highest BCUT2D eigenvalue weighted by Crippen LogP contribution is 2.17. The van der Waals surface area contributed by atoms with E-state index in [1.807, 2.05) is 19.1 Å². The lowest BCUT2D eigenvalue weighted by Gasteiger charge is -2.22. The Morgan fingerprint density at radius 1 is 1.44 bits per heavy atom. The van der Waals surface area contributed by atoms with E-state index in [4.69, 9.17) is 14.6 Å². The standard InChI is InChI=1S/C12H17NO3/c1-9-10(8-14)2-3-12(13-9)16-11-4-6-15-7-5-11/h2-3,11,14H,4-8H2,1H3. The number of pyridine rings is 1. The zero-order valence-electron chi connectivity index (χ0n) is 9.48. The fraction of sp³-hybridized carbons (Fsp3) is 0.583. The minimum absolute atomic E-state index is 0.0242. The lowest BCUT2D eigenvalue weighted by molar-refractivity contribution is 0.0236. The van der Waals surface area contributed by atoms with Gasteiger partial charge in [-0.25, -0.2) is 4.98 Å². The molecule has 2 rings (SSSR count). The quantitative estimate of drug-likeness (QED) is 0.842. The Bertz CT molecular complexity index is 348. The first-order valence-electron chi connectivity index (χ1n) is 5.61. The van der Waals surface area contributed by atoms with Crippen molar-refractivity contribution in [2.75, 3.05) is 13.2 Å². The van der Waals surface area contributed by atoms with E-state index in [-0.39, 0.29) is 12.7 Å². The van der Waals surface area contributed by atoms with Crippen LogP contribution < -0.4 is 4.74 Å². The van der Waals surface area contributed by atoms with Crippen molar-refractivity contribution in [2.24, 2.45) is 0 Å². The summed E-state index contributed by atoms with van der Waals surface area (Å²) in [5, 5.41) is 9.03. The normalized spacial score (nSPS) is 17.4. The molecule has 4 nitrogen and oxygen atoms in total. The molecule has 0 bridgehead atoms. The first kappa shape index (κ1) is 11.4. The van der Waals surface area contributed by atoms with Crippen molar-refractivity contribution in [3.63, 3.8) is 0 Å². The first-order chi connectivity index (χ1) is 7.79. The molecule has 1 aliphatic heterocycles. The number of aromatic nitrogens is 1. The van der Waals surface area contributed by atoms with E-state index in [0.717, 1.165) is 37.3 Å². The highest BCUT2D eigenvalue weighted by molar-refractivity contribution is 5.24. The summed E-state index contributed by atoms with van der Waals surface area (Å²) in [6.07, 6.45) is 2.05. The molecular weight excluding hydrogens is 206 g/mol. The van der Waals surface area contributed by atoms with Gasteiger partial charge in [-0.3, -0.25) is 0 Å². The summed E-state index contributed by atoms with van der Waals surface area (Å²) >= 11 is 0. The van der Waals surface area contributed by atoms with E-state index in [9.17, 15) is 0 Å². The molecule has 0 amide bonds. The van der Waals surface area contributed by atoms with Crippen LogP contribution in [0.4, 0.5) is 0 Å². The van der Waals surface area contributed by atoms with Crippen molar-refractivity contribution >= 4 is 0 Å². The average molecular weight is 223 g/mol. The molecule has 1 aromatic heterocycles. The van der Waals surface area contributed by atoms with Crippen LogP contribution in [0.15, 0.2) is 12.1 Å². The van der Waals surface area contributed by atoms with Crippen LogP contribution in [0.3, 0.4) is 0 Å². The lowest BCUT2D eigenvalue weighted by Crippen LogP contribution is -2.26. The SMILES string of the molecule is Cc1nc(OC2CCOCC2)ccc1CO. The van der Waals surface area contributed by atoms with Gasteiger partial charge in [-0.15, -0.1) is 0 Å². The van der Waals surface area contributed by atoms with Crippen molar-refractivity contribution < 1.29 is 14.6 Å². The largest absolute Gasteiger partial charge is 0.474 e. The predicted molar refractivity (Wildman–Crippen MR) is 59.4 cm³/mol. The maximum absolute atomic E-state index is 9.03. The molecule has 0 radical (unpaired) electrons. The van der Waals surface area contributed by atoms with Gasteiger partial charge in [0.1, 0.15) is 6.10 Å². The molecular formula is C12H17NO3. The maximum Gasteiger partial charge on any atom is 0.213 e. The molecule has 1 N–H and O–H groups in total. The van der Waals surface area contributed by atoms with Gasteiger partial charge < -0.3 is 14.6 Å². The topological polar surface area (TPSA) is 51.6 Å². The second-order valence-corrected chi connectivity index (χ2v) is 3.98. The van der Waals surface area contributed by atoms with Gasteiger partial charge in [0.2, 0.25) is 5.88 Å². The van der Waals surface area contributed by atoms with Gasteiger partial charge in [-0.05, 0) is 18.6 Å². The highest BCUT2D eigenvalue weighted by atomic mass is 16.5. The Kier molecular flexibility index (Phi) is 3.74. The summed E-state index contributed by atoms with van der Waals surface area (Å²) in [5.74, 6) is 0.640. The third kappa shape index (κ3) is 2.71. The van der Waals surface area contributed by atoms with Crippen LogP contribution in [0.1, 0.15) is 24.1 Å². The molecule has 1 aliphatic rings. The Balaban J connectivity index is 2.01. The molecule has 16 heavy (non-hydrogen) atoms. The van der Waals surface area contributed by atoms with Crippen LogP contribution in [0.25, 0.3) is 0 Å². The summed E-state index contributed by atoms with van der Waals surface area (Å²) in [7, 11) is 0. The molecule has 0 unspecified atom stereocenters. The lowest BCUT2D eigenvalue weighted by atomic mass is 10.1. The monoisotopic (exact) mass is 223 g/mol. The van der Waals surface area contributed by atoms with Gasteiger partial charge in [-0.1, -0.05) is 0 Å². The third-order valence-corrected chi connectivity index (χ3v) is 2.80. The van der Waals surface area contributed by atoms with Crippen molar-refractivity contribution in [1.29, 1.82) is 0 Å². The molecule has 4 heteroatoms. The van der Waals surface area contributed by atoms with Crippen molar-refractivity contribution in [2.45, 2.75) is 32.5 Å². The zero-order valence-corrected chi connectivity index (χ0v) is 9.48. The van der Waals surface area contributed by atoms with Crippen LogP contribution in [0, 0.1) is 6.92 Å². The second-order valence-electron chi connectivity index (χ2n) is 3.98. The smallest absolute Gasteiger partial charge is 0.213 e. The van der Waals surface area contributed by atoms with Crippen LogP contribution in [0.2, 0.25) is 0 Å². The number of aliphatic hydroxyl groups excluding tert-OH is 1. The molecule has 1 fully saturated rings. The third-order valence-electron chi connectivity index (χ3n) is 2.80. The second kappa shape index (κ2) is 5.27. The van der Waals surface area contributed by atoms with E-state index in [2.05, 4.69) is 4.98 Å². The summed E-state index contributed by atoms with van der Waals surface area (Å²) in [4.78, 5) is 4.32. The highest BCUT2D eigenvalue weighted by Gasteiger charge is 2.15. The maximum atomic E-state index is 9.03. The first-order valence-corrected chi connectivity index (χ1v) is 5.61. The summed E-state index contributed by atoms with van der Waals surface area (Å²) in [6.45, 7) is 3.43. The van der Waals surface area contributed by atoms with Gasteiger partial charge >= 0.3 is 0 Å². The van der Waals surface area contributed by atoms with Crippen LogP contribution >= 0.6 is 0 Å². The number of hydrogen-bond donors (Lipinski definition) is 1. The number of ether oxygens (including phenoxy) is 2. The van der Waals surface area contributed by atoms with Gasteiger partial charge in [0.25, 0.3) is 0 Å². The number of aryl methyl sites for hydroxylation is 1. The van der Waals surface area contributed by atoms with Crippen molar-refractivity contribution in [3.05, 3.63) is 23.4 Å². The van der Waals surface area contributed by atoms with E-state index in [1.165, 1.54) is 0 Å². The molecule has 1 saturated heterocycles. The molecule has 88 valence electrons. The minimum atomic E-state index is 0.0242. The average Bonchev–Trinajstić information content (AvgIpc) is 2.31. The van der Waals surface area contributed by atoms with E-state index in [0.29, 0.717) is 5.88 Å². The molecule has 0 spiro atoms. The van der Waals surface area contributed by atoms with Gasteiger partial charge in [0.15, 0.2) is 0 Å². The summed E-state index contributed by atoms with van der Waals surface area (Å²) < 4.78 is 11.0. The predicted octanol–water partition coefficient (Wildman–Crippen LogP) is 1.44. The number of hydrogen-bond acceptors (Lipinski definition) is 4. The van der Waals surface area contributed by atoms with Crippen LogP contribution in [-0.2, 0) is 11.3 Å². The Hall–Kier alpha value is -1.13. The number of nitrogens with zero attached hydrogens (tertiary/aromatic N) is 1. The zero-order chi connectivity index (χ0) is 11.4. The van der Waals surface area contributed by atoms with Gasteiger partial charge in [0.05, 0.1) is 19.8 Å². The van der Waals surface area contributed by atoms with Crippen LogP contribution in [-0.4, -0.2) is 29.4 Å². The van der Waals surface area contributed by atoms with Gasteiger partial charge in [-0.2, -0.15) is 0 Å². The van der Waals surface area contributed by atoms with Crippen molar-refractivity contribution in [1.82, 2.24) is 4.98 Å². The molecule has 0 aromatic carbocycles. The fourth-order valence-electron chi connectivity index (χ4n) is 1.76. The Labute approximate surface area is 95.2 Å². The number of rotatable bonds is 3. The van der Waals surface area contributed by atoms with E-state index in [1.54, 1.807) is 0 Å². The van der Waals surface area contributed by atoms with E-state index >= 15 is 0 Å². The van der Waals surface area contributed by atoms with Gasteiger partial charge in [0, 0.05) is 24.6 Å². The van der Waals surface area contributed by atoms with Crippen LogP contribution in [0.5, 0.6) is 5.88 Å². The van der Waals surface area contributed by atoms with E-state index < -0.39 is 0 Å². The minimum Gasteiger partial charge on any atom is -0.474 e. The van der Waals surface area contributed by atoms with Crippen molar-refractivity contribution in [3.8, 4) is 5.88 Å². The summed E-state index contributed by atoms with van der Waals surface area (Å²) in [5.41, 5.74) is 1.67. The molecule has 0 atom stereocenters. The Morgan fingerprint density at radius 3 is 2.81 bits per heavy atom.